The summed E-state index contributed by atoms with van der Waals surface area (Å²) in [5, 5.41) is 10.6. The van der Waals surface area contributed by atoms with Crippen molar-refractivity contribution in [3.05, 3.63) is 66.5 Å². The Hall–Kier alpha value is -2.55. The Kier molecular flexibility index (Phi) is 3.96. The summed E-state index contributed by atoms with van der Waals surface area (Å²) in [5.74, 6) is 1.13. The van der Waals surface area contributed by atoms with Gasteiger partial charge in [-0.15, -0.1) is 0 Å². The molecule has 0 aliphatic carbocycles. The molecular formula is C19H20N2O. The summed E-state index contributed by atoms with van der Waals surface area (Å²) >= 11 is 0. The highest BCUT2D eigenvalue weighted by Crippen LogP contribution is 2.32. The Morgan fingerprint density at radius 3 is 2.00 bits per heavy atom. The van der Waals surface area contributed by atoms with E-state index in [1.165, 1.54) is 4.73 Å². The zero-order valence-electron chi connectivity index (χ0n) is 12.9. The number of nitrogens with zero attached hydrogens (tertiary/aromatic N) is 2. The highest BCUT2D eigenvalue weighted by Gasteiger charge is 2.20. The topological polar surface area (TPSA) is 38.0 Å². The maximum absolute atomic E-state index is 10.6. The second kappa shape index (κ2) is 6.06. The van der Waals surface area contributed by atoms with E-state index in [1.54, 1.807) is 0 Å². The highest BCUT2D eigenvalue weighted by molar-refractivity contribution is 5.78. The van der Waals surface area contributed by atoms with Crippen molar-refractivity contribution in [2.24, 2.45) is 5.92 Å². The maximum Gasteiger partial charge on any atom is 0.146 e. The largest absolute Gasteiger partial charge is 0.427 e. The zero-order valence-corrected chi connectivity index (χ0v) is 12.9. The molecule has 0 spiro atoms. The van der Waals surface area contributed by atoms with Crippen LogP contribution in [0.2, 0.25) is 0 Å². The van der Waals surface area contributed by atoms with Crippen LogP contribution in [0.4, 0.5) is 0 Å². The van der Waals surface area contributed by atoms with Crippen molar-refractivity contribution in [1.82, 2.24) is 9.71 Å². The molecule has 0 atom stereocenters. The standard InChI is InChI=1S/C19H20N2O/c1-14(2)13-17-20-18(15-9-5-3-6-10-15)19(21(17)22)16-11-7-4-8-12-16/h3-12,14,22H,13H2,1-2H3. The van der Waals surface area contributed by atoms with Crippen LogP contribution in [0, 0.1) is 5.92 Å². The van der Waals surface area contributed by atoms with Crippen LogP contribution in [0.5, 0.6) is 0 Å². The molecule has 0 radical (unpaired) electrons. The minimum absolute atomic E-state index is 0.431. The number of hydrogen-bond acceptors (Lipinski definition) is 2. The Balaban J connectivity index is 2.19. The quantitative estimate of drug-likeness (QED) is 0.711. The van der Waals surface area contributed by atoms with Crippen molar-refractivity contribution >= 4 is 0 Å². The van der Waals surface area contributed by atoms with E-state index in [0.29, 0.717) is 11.7 Å². The molecule has 0 aliphatic rings. The number of hydrogen-bond donors (Lipinski definition) is 1. The number of aromatic nitrogens is 2. The molecule has 3 aromatic rings. The number of rotatable bonds is 4. The molecule has 3 rings (SSSR count). The fraction of sp³-hybridized carbons (Fsp3) is 0.211. The van der Waals surface area contributed by atoms with Gasteiger partial charge in [0.05, 0.1) is 0 Å². The average molecular weight is 292 g/mol. The minimum atomic E-state index is 0.431. The van der Waals surface area contributed by atoms with E-state index in [9.17, 15) is 5.21 Å². The van der Waals surface area contributed by atoms with Gasteiger partial charge >= 0.3 is 0 Å². The lowest BCUT2D eigenvalue weighted by atomic mass is 10.1. The van der Waals surface area contributed by atoms with Gasteiger partial charge in [-0.3, -0.25) is 0 Å². The van der Waals surface area contributed by atoms with Gasteiger partial charge in [-0.1, -0.05) is 74.5 Å². The smallest absolute Gasteiger partial charge is 0.146 e. The first kappa shape index (κ1) is 14.4. The van der Waals surface area contributed by atoms with Crippen molar-refractivity contribution < 1.29 is 5.21 Å². The molecular weight excluding hydrogens is 272 g/mol. The molecule has 1 aromatic heterocycles. The zero-order chi connectivity index (χ0) is 15.5. The van der Waals surface area contributed by atoms with Gasteiger partial charge in [-0.25, -0.2) is 4.98 Å². The van der Waals surface area contributed by atoms with Crippen molar-refractivity contribution in [2.45, 2.75) is 20.3 Å². The second-order valence-electron chi connectivity index (χ2n) is 5.87. The van der Waals surface area contributed by atoms with E-state index >= 15 is 0 Å². The summed E-state index contributed by atoms with van der Waals surface area (Å²) in [7, 11) is 0. The molecule has 22 heavy (non-hydrogen) atoms. The van der Waals surface area contributed by atoms with Gasteiger partial charge < -0.3 is 5.21 Å². The van der Waals surface area contributed by atoms with Crippen LogP contribution in [-0.2, 0) is 6.42 Å². The van der Waals surface area contributed by atoms with Crippen molar-refractivity contribution in [1.29, 1.82) is 0 Å². The Bertz CT molecular complexity index is 746. The van der Waals surface area contributed by atoms with Gasteiger partial charge in [-0.05, 0) is 5.92 Å². The van der Waals surface area contributed by atoms with Crippen molar-refractivity contribution in [3.63, 3.8) is 0 Å². The van der Waals surface area contributed by atoms with Gasteiger partial charge in [0.2, 0.25) is 0 Å². The lowest BCUT2D eigenvalue weighted by molar-refractivity contribution is 0.178. The third-order valence-electron chi connectivity index (χ3n) is 3.61. The lowest BCUT2D eigenvalue weighted by Gasteiger charge is -2.07. The van der Waals surface area contributed by atoms with Crippen LogP contribution in [0.15, 0.2) is 60.7 Å². The highest BCUT2D eigenvalue weighted by atomic mass is 16.5. The van der Waals surface area contributed by atoms with Gasteiger partial charge in [0.1, 0.15) is 17.2 Å². The fourth-order valence-corrected chi connectivity index (χ4v) is 2.61. The second-order valence-corrected chi connectivity index (χ2v) is 5.87. The predicted octanol–water partition coefficient (Wildman–Crippen LogP) is 4.65. The van der Waals surface area contributed by atoms with E-state index in [4.69, 9.17) is 4.98 Å². The molecule has 3 nitrogen and oxygen atoms in total. The van der Waals surface area contributed by atoms with Gasteiger partial charge in [0, 0.05) is 17.5 Å². The molecule has 3 heteroatoms. The predicted molar refractivity (Wildman–Crippen MR) is 88.8 cm³/mol. The third kappa shape index (κ3) is 2.75. The summed E-state index contributed by atoms with van der Waals surface area (Å²) in [6.45, 7) is 4.25. The van der Waals surface area contributed by atoms with E-state index in [-0.39, 0.29) is 0 Å². The van der Waals surface area contributed by atoms with Gasteiger partial charge in [0.25, 0.3) is 0 Å². The van der Waals surface area contributed by atoms with E-state index in [1.807, 2.05) is 60.7 Å². The lowest BCUT2D eigenvalue weighted by Crippen LogP contribution is -2.04. The summed E-state index contributed by atoms with van der Waals surface area (Å²) in [6, 6.07) is 19.9. The summed E-state index contributed by atoms with van der Waals surface area (Å²) in [6.07, 6.45) is 0.739. The SMILES string of the molecule is CC(C)Cc1nc(-c2ccccc2)c(-c2ccccc2)n1O. The first-order chi connectivity index (χ1) is 10.7. The molecule has 1 N–H and O–H groups in total. The van der Waals surface area contributed by atoms with Crippen LogP contribution in [0.3, 0.4) is 0 Å². The molecule has 0 saturated carbocycles. The van der Waals surface area contributed by atoms with E-state index in [0.717, 1.165) is 28.9 Å². The first-order valence-electron chi connectivity index (χ1n) is 7.58. The molecule has 2 aromatic carbocycles. The van der Waals surface area contributed by atoms with E-state index in [2.05, 4.69) is 13.8 Å². The molecule has 0 amide bonds. The molecule has 1 heterocycles. The maximum atomic E-state index is 10.6. The van der Waals surface area contributed by atoms with Crippen LogP contribution in [-0.4, -0.2) is 14.9 Å². The molecule has 0 saturated heterocycles. The molecule has 112 valence electrons. The van der Waals surface area contributed by atoms with E-state index < -0.39 is 0 Å². The van der Waals surface area contributed by atoms with Crippen molar-refractivity contribution in [3.8, 4) is 22.5 Å². The monoisotopic (exact) mass is 292 g/mol. The number of benzene rings is 2. The minimum Gasteiger partial charge on any atom is -0.427 e. The summed E-state index contributed by atoms with van der Waals surface area (Å²) in [4.78, 5) is 4.71. The molecule has 0 bridgehead atoms. The molecule has 0 fully saturated rings. The molecule has 0 aliphatic heterocycles. The summed E-state index contributed by atoms with van der Waals surface area (Å²) < 4.78 is 1.25. The third-order valence-corrected chi connectivity index (χ3v) is 3.61. The Morgan fingerprint density at radius 1 is 0.909 bits per heavy atom. The average Bonchev–Trinajstić information content (AvgIpc) is 2.85. The van der Waals surface area contributed by atoms with Gasteiger partial charge in [-0.2, -0.15) is 4.73 Å². The van der Waals surface area contributed by atoms with Crippen molar-refractivity contribution in [2.75, 3.05) is 0 Å². The number of imidazole rings is 1. The fourth-order valence-electron chi connectivity index (χ4n) is 2.61. The Labute approximate surface area is 130 Å². The van der Waals surface area contributed by atoms with Crippen LogP contribution in [0.25, 0.3) is 22.5 Å². The summed E-state index contributed by atoms with van der Waals surface area (Å²) in [5.41, 5.74) is 3.55. The van der Waals surface area contributed by atoms with Crippen LogP contribution in [0.1, 0.15) is 19.7 Å². The van der Waals surface area contributed by atoms with Crippen LogP contribution < -0.4 is 0 Å². The van der Waals surface area contributed by atoms with Crippen LogP contribution >= 0.6 is 0 Å². The Morgan fingerprint density at radius 2 is 1.45 bits per heavy atom. The first-order valence-corrected chi connectivity index (χ1v) is 7.58. The van der Waals surface area contributed by atoms with Gasteiger partial charge in [0.15, 0.2) is 0 Å². The molecule has 0 unspecified atom stereocenters. The normalized spacial score (nSPS) is 11.0.